The maximum Gasteiger partial charge on any atom is 0.254 e. The molecule has 0 aromatic carbocycles. The molecule has 2 saturated heterocycles. The molecule has 1 aromatic heterocycles. The first-order chi connectivity index (χ1) is 15.3. The Hall–Kier alpha value is -2.99. The first kappa shape index (κ1) is 22.2. The highest BCUT2D eigenvalue weighted by atomic mass is 16.2. The van der Waals surface area contributed by atoms with Gasteiger partial charge in [-0.2, -0.15) is 0 Å². The number of amides is 1. The van der Waals surface area contributed by atoms with Crippen LogP contribution in [0.1, 0.15) is 32.0 Å². The normalized spacial score (nSPS) is 26.0. The maximum atomic E-state index is 13.6. The van der Waals surface area contributed by atoms with E-state index in [4.69, 9.17) is 4.99 Å². The summed E-state index contributed by atoms with van der Waals surface area (Å²) in [6, 6.07) is 3.94. The quantitative estimate of drug-likeness (QED) is 0.572. The molecule has 32 heavy (non-hydrogen) atoms. The summed E-state index contributed by atoms with van der Waals surface area (Å²) in [7, 11) is 0. The van der Waals surface area contributed by atoms with E-state index in [1.54, 1.807) is 6.08 Å². The fourth-order valence-electron chi connectivity index (χ4n) is 5.04. The van der Waals surface area contributed by atoms with Crippen molar-refractivity contribution >= 4 is 17.2 Å². The highest BCUT2D eigenvalue weighted by Crippen LogP contribution is 2.35. The minimum atomic E-state index is 0.000563. The van der Waals surface area contributed by atoms with Gasteiger partial charge in [0, 0.05) is 49.4 Å². The molecule has 4 heterocycles. The van der Waals surface area contributed by atoms with E-state index < -0.39 is 0 Å². The van der Waals surface area contributed by atoms with Crippen LogP contribution in [0.25, 0.3) is 5.57 Å². The van der Waals surface area contributed by atoms with Gasteiger partial charge in [0.05, 0.1) is 11.3 Å². The van der Waals surface area contributed by atoms with Gasteiger partial charge in [0.15, 0.2) is 6.29 Å². The molecule has 0 bridgehead atoms. The zero-order valence-electron chi connectivity index (χ0n) is 19.6. The molecule has 6 heteroatoms. The molecule has 1 aromatic rings. The first-order valence-electron chi connectivity index (χ1n) is 11.2. The van der Waals surface area contributed by atoms with Gasteiger partial charge in [0.2, 0.25) is 0 Å². The maximum absolute atomic E-state index is 13.6. The topological polar surface area (TPSA) is 60.8 Å². The number of hydrogen-bond donors (Lipinski definition) is 1. The van der Waals surface area contributed by atoms with Crippen molar-refractivity contribution < 1.29 is 4.79 Å². The van der Waals surface area contributed by atoms with Gasteiger partial charge >= 0.3 is 0 Å². The van der Waals surface area contributed by atoms with Crippen LogP contribution in [0.4, 0.5) is 0 Å². The van der Waals surface area contributed by atoms with Crippen LogP contribution in [-0.2, 0) is 4.79 Å². The molecule has 0 aliphatic carbocycles. The number of nitrogens with one attached hydrogen (secondary N) is 1. The predicted octanol–water partition coefficient (Wildman–Crippen LogP) is 3.55. The minimum Gasteiger partial charge on any atom is -0.355 e. The summed E-state index contributed by atoms with van der Waals surface area (Å²) < 4.78 is 0. The molecule has 1 amide bonds. The average Bonchev–Trinajstić information content (AvgIpc) is 3.31. The number of allylic oxidation sites excluding steroid dienone is 4. The minimum absolute atomic E-state index is 0.000563. The number of nitrogens with zero attached hydrogens (tertiary/aromatic N) is 4. The Morgan fingerprint density at radius 2 is 1.84 bits per heavy atom. The van der Waals surface area contributed by atoms with Crippen molar-refractivity contribution in [3.8, 4) is 0 Å². The van der Waals surface area contributed by atoms with Crippen LogP contribution in [0.2, 0.25) is 0 Å². The summed E-state index contributed by atoms with van der Waals surface area (Å²) in [6.07, 6.45) is 5.61. The molecule has 3 atom stereocenters. The molecule has 3 aliphatic rings. The number of fused-ring (bicyclic) bond motifs is 1. The Bertz CT molecular complexity index is 1020. The summed E-state index contributed by atoms with van der Waals surface area (Å²) in [5.41, 5.74) is 6.14. The van der Waals surface area contributed by atoms with E-state index in [9.17, 15) is 4.79 Å². The molecular weight excluding hydrogens is 398 g/mol. The largest absolute Gasteiger partial charge is 0.355 e. The van der Waals surface area contributed by atoms with Crippen LogP contribution in [0, 0.1) is 18.8 Å². The van der Waals surface area contributed by atoms with Crippen LogP contribution < -0.4 is 5.32 Å². The lowest BCUT2D eigenvalue weighted by Crippen LogP contribution is -2.46. The third-order valence-electron chi connectivity index (χ3n) is 6.56. The third kappa shape index (κ3) is 4.32. The van der Waals surface area contributed by atoms with Gasteiger partial charge in [-0.25, -0.2) is 0 Å². The molecule has 4 rings (SSSR count). The summed E-state index contributed by atoms with van der Waals surface area (Å²) in [5, 5.41) is 3.47. The molecule has 3 aliphatic heterocycles. The Morgan fingerprint density at radius 3 is 2.38 bits per heavy atom. The number of carbonyl (C=O) groups is 1. The SMILES string of the molecule is C=C/C(=C(\C(=C)C)C(=O)N1CC2CN(C3N=C(C)C=C(C)N3)CC2C1)c1ccc(C)cn1. The second-order valence-corrected chi connectivity index (χ2v) is 9.29. The zero-order valence-corrected chi connectivity index (χ0v) is 19.6. The summed E-state index contributed by atoms with van der Waals surface area (Å²) in [4.78, 5) is 27.3. The van der Waals surface area contributed by atoms with Crippen LogP contribution in [0.3, 0.4) is 0 Å². The molecule has 6 nitrogen and oxygen atoms in total. The van der Waals surface area contributed by atoms with Gasteiger partial charge in [-0.1, -0.05) is 25.3 Å². The molecule has 1 N–H and O–H groups in total. The highest BCUT2D eigenvalue weighted by molar-refractivity contribution is 6.06. The van der Waals surface area contributed by atoms with Crippen LogP contribution in [-0.4, -0.2) is 58.9 Å². The lowest BCUT2D eigenvalue weighted by Gasteiger charge is -2.31. The lowest BCUT2D eigenvalue weighted by atomic mass is 9.97. The van der Waals surface area contributed by atoms with E-state index in [0.717, 1.165) is 60.0 Å². The zero-order chi connectivity index (χ0) is 23.0. The van der Waals surface area contributed by atoms with Crippen molar-refractivity contribution in [3.63, 3.8) is 0 Å². The molecule has 0 radical (unpaired) electrons. The van der Waals surface area contributed by atoms with Crippen molar-refractivity contribution in [1.82, 2.24) is 20.1 Å². The van der Waals surface area contributed by atoms with E-state index in [1.807, 2.05) is 44.0 Å². The monoisotopic (exact) mass is 431 g/mol. The number of rotatable bonds is 5. The molecule has 0 spiro atoms. The van der Waals surface area contributed by atoms with E-state index in [-0.39, 0.29) is 12.2 Å². The van der Waals surface area contributed by atoms with Crippen LogP contribution in [0.15, 0.2) is 65.5 Å². The molecule has 0 saturated carbocycles. The Balaban J connectivity index is 1.50. The number of hydrogen-bond acceptors (Lipinski definition) is 5. The van der Waals surface area contributed by atoms with Crippen molar-refractivity contribution in [2.45, 2.75) is 34.0 Å². The van der Waals surface area contributed by atoms with Crippen molar-refractivity contribution in [2.75, 3.05) is 26.2 Å². The summed E-state index contributed by atoms with van der Waals surface area (Å²) >= 11 is 0. The Morgan fingerprint density at radius 1 is 1.16 bits per heavy atom. The number of aryl methyl sites for hydroxylation is 1. The number of aliphatic imine (C=N–C) groups is 1. The number of aromatic nitrogens is 1. The van der Waals surface area contributed by atoms with Crippen molar-refractivity contribution in [3.05, 3.63) is 71.7 Å². The smallest absolute Gasteiger partial charge is 0.254 e. The first-order valence-corrected chi connectivity index (χ1v) is 11.2. The van der Waals surface area contributed by atoms with E-state index in [0.29, 0.717) is 17.4 Å². The third-order valence-corrected chi connectivity index (χ3v) is 6.56. The van der Waals surface area contributed by atoms with Crippen LogP contribution in [0.5, 0.6) is 0 Å². The van der Waals surface area contributed by atoms with Gasteiger partial charge in [0.25, 0.3) is 5.91 Å². The summed E-state index contributed by atoms with van der Waals surface area (Å²) in [5.74, 6) is 0.941. The van der Waals surface area contributed by atoms with Gasteiger partial charge < -0.3 is 10.2 Å². The fourth-order valence-corrected chi connectivity index (χ4v) is 5.04. The summed E-state index contributed by atoms with van der Waals surface area (Å²) in [6.45, 7) is 19.5. The van der Waals surface area contributed by atoms with Gasteiger partial charge in [-0.3, -0.25) is 19.7 Å². The van der Waals surface area contributed by atoms with Gasteiger partial charge in [-0.15, -0.1) is 0 Å². The van der Waals surface area contributed by atoms with E-state index in [1.165, 1.54) is 0 Å². The molecular formula is C26H33N5O. The lowest BCUT2D eigenvalue weighted by molar-refractivity contribution is -0.126. The Kier molecular flexibility index (Phi) is 6.15. The standard InChI is InChI=1S/C26H33N5O/c1-7-22(23-9-8-17(4)11-27-23)24(16(2)3)25(32)30-12-20-14-31(15-21(20)13-30)26-28-18(5)10-19(6)29-26/h7-11,20-21,26,28H,1-2,12-15H2,3-6H3/b24-22-. The highest BCUT2D eigenvalue weighted by Gasteiger charge is 2.44. The van der Waals surface area contributed by atoms with Gasteiger partial charge in [0.1, 0.15) is 0 Å². The number of likely N-dealkylation sites (tertiary alicyclic amines) is 2. The molecule has 2 fully saturated rings. The average molecular weight is 432 g/mol. The second-order valence-electron chi connectivity index (χ2n) is 9.29. The number of carbonyl (C=O) groups excluding carboxylic acids is 1. The van der Waals surface area contributed by atoms with Crippen molar-refractivity contribution in [1.29, 1.82) is 0 Å². The van der Waals surface area contributed by atoms with Gasteiger partial charge in [-0.05, 0) is 62.8 Å². The second kappa shape index (κ2) is 8.87. The van der Waals surface area contributed by atoms with E-state index in [2.05, 4.69) is 41.4 Å². The fraction of sp³-hybridized carbons (Fsp3) is 0.423. The van der Waals surface area contributed by atoms with E-state index >= 15 is 0 Å². The molecule has 168 valence electrons. The predicted molar refractivity (Wildman–Crippen MR) is 130 cm³/mol. The van der Waals surface area contributed by atoms with Crippen molar-refractivity contribution in [2.24, 2.45) is 16.8 Å². The number of pyridine rings is 1. The molecule has 3 unspecified atom stereocenters. The Labute approximate surface area is 191 Å². The van der Waals surface area contributed by atoms with Crippen LogP contribution >= 0.6 is 0 Å².